The van der Waals surface area contributed by atoms with Gasteiger partial charge in [0.1, 0.15) is 30.2 Å². The van der Waals surface area contributed by atoms with Crippen molar-refractivity contribution in [1.29, 1.82) is 0 Å². The Labute approximate surface area is 192 Å². The van der Waals surface area contributed by atoms with Crippen molar-refractivity contribution in [3.63, 3.8) is 0 Å². The molecule has 16 heteroatoms. The number of fused-ring (bicyclic) bond motifs is 1. The van der Waals surface area contributed by atoms with E-state index in [4.69, 9.17) is 37.3 Å². The highest BCUT2D eigenvalue weighted by Crippen LogP contribution is 2.28. The van der Waals surface area contributed by atoms with Crippen LogP contribution in [0.4, 0.5) is 5.82 Å². The Hall–Kier alpha value is -3.25. The van der Waals surface area contributed by atoms with Gasteiger partial charge in [0.2, 0.25) is 5.82 Å². The third-order valence-electron chi connectivity index (χ3n) is 5.16. The second-order valence-electron chi connectivity index (χ2n) is 7.33. The molecule has 16 nitrogen and oxygen atoms in total. The number of carbonyl (C=O) groups excluding carboxylic acids is 1. The summed E-state index contributed by atoms with van der Waals surface area (Å²) in [6.07, 6.45) is -2.63. The zero-order valence-corrected chi connectivity index (χ0v) is 17.6. The summed E-state index contributed by atoms with van der Waals surface area (Å²) in [7, 11) is 0. The number of nitrogens with two attached hydrogens (primary N) is 2. The highest BCUT2D eigenvalue weighted by molar-refractivity contribution is 5.88. The van der Waals surface area contributed by atoms with Crippen LogP contribution in [0.2, 0.25) is 0 Å². The zero-order valence-electron chi connectivity index (χ0n) is 18.6. The number of primary amides is 1. The summed E-state index contributed by atoms with van der Waals surface area (Å²) in [4.78, 5) is 22.4. The van der Waals surface area contributed by atoms with Crippen LogP contribution in [0.3, 0.4) is 0 Å². The molecule has 2 fully saturated rings. The quantitative estimate of drug-likeness (QED) is 0.211. The number of aromatic nitrogens is 6. The predicted molar refractivity (Wildman–Crippen MR) is 110 cm³/mol. The maximum atomic E-state index is 10.8. The largest absolute Gasteiger partial charge is 0.394 e. The molecule has 2 aliphatic heterocycles. The van der Waals surface area contributed by atoms with Gasteiger partial charge in [-0.2, -0.15) is 0 Å². The summed E-state index contributed by atoms with van der Waals surface area (Å²) in [6.45, 7) is -0.325. The molecule has 0 saturated carbocycles. The fourth-order valence-electron chi connectivity index (χ4n) is 3.45. The predicted octanol–water partition coefficient (Wildman–Crippen LogP) is -3.13. The van der Waals surface area contributed by atoms with Crippen LogP contribution >= 0.6 is 0 Å². The van der Waals surface area contributed by atoms with Crippen molar-refractivity contribution >= 4 is 22.8 Å². The summed E-state index contributed by atoms with van der Waals surface area (Å²) in [6, 6.07) is 1.56. The molecule has 6 unspecified atom stereocenters. The number of rotatable bonds is 5. The van der Waals surface area contributed by atoms with Gasteiger partial charge in [-0.25, -0.2) is 19.6 Å². The molecule has 2 aliphatic rings. The third-order valence-corrected chi connectivity index (χ3v) is 5.16. The van der Waals surface area contributed by atoms with E-state index in [1.54, 1.807) is 17.0 Å². The molecule has 5 heterocycles. The number of carbonyl (C=O) groups is 1. The van der Waals surface area contributed by atoms with Crippen molar-refractivity contribution in [2.45, 2.75) is 37.1 Å². The number of anilines is 1. The van der Waals surface area contributed by atoms with Gasteiger partial charge in [-0.15, -0.1) is 5.10 Å². The summed E-state index contributed by atoms with van der Waals surface area (Å²) in [5.41, 5.74) is 11.9. The summed E-state index contributed by atoms with van der Waals surface area (Å²) < 4.78 is 26.2. The topological polar surface area (TPSA) is 239 Å². The standard InChI is InChI=1S/C10H12N4O3.C8H12N4O5/c11-10-9-6(1-2-12-10)14(5-13-9)7-4-16-8(3-15)17-7;9-6(16)7-10-2-12(11-7)8-5(15)4(14)3(1-13)17-8/h1-2,5,7-8,15H,3-4H2,(H2,11,12);2-5,8,13-15H,1H2,(H2,9,16)/i2D;. The van der Waals surface area contributed by atoms with Crippen LogP contribution in [0.25, 0.3) is 11.0 Å². The van der Waals surface area contributed by atoms with E-state index in [-0.39, 0.29) is 30.6 Å². The van der Waals surface area contributed by atoms with Gasteiger partial charge in [0, 0.05) is 6.17 Å². The number of imidazole rings is 1. The van der Waals surface area contributed by atoms with E-state index < -0.39 is 43.3 Å². The van der Waals surface area contributed by atoms with Crippen LogP contribution < -0.4 is 11.5 Å². The van der Waals surface area contributed by atoms with E-state index in [2.05, 4.69) is 20.1 Å². The van der Waals surface area contributed by atoms with Crippen molar-refractivity contribution < 1.29 is 40.8 Å². The third kappa shape index (κ3) is 4.55. The van der Waals surface area contributed by atoms with E-state index in [1.165, 1.54) is 0 Å². The minimum atomic E-state index is -1.27. The van der Waals surface area contributed by atoms with E-state index in [9.17, 15) is 15.0 Å². The summed E-state index contributed by atoms with van der Waals surface area (Å²) >= 11 is 0. The van der Waals surface area contributed by atoms with Gasteiger partial charge in [-0.3, -0.25) is 4.79 Å². The molecular formula is C18H24N8O8. The average molecular weight is 481 g/mol. The number of pyridine rings is 1. The molecular weight excluding hydrogens is 456 g/mol. The Bertz CT molecular complexity index is 1190. The molecule has 3 aromatic heterocycles. The van der Waals surface area contributed by atoms with Gasteiger partial charge in [0.05, 0.1) is 33.0 Å². The molecule has 1 amide bonds. The van der Waals surface area contributed by atoms with Crippen molar-refractivity contribution in [1.82, 2.24) is 29.3 Å². The first-order valence-electron chi connectivity index (χ1n) is 10.5. The molecule has 34 heavy (non-hydrogen) atoms. The van der Waals surface area contributed by atoms with Crippen molar-refractivity contribution in [2.75, 3.05) is 25.6 Å². The Kier molecular flexibility index (Phi) is 6.59. The van der Waals surface area contributed by atoms with Crippen LogP contribution in [-0.2, 0) is 14.2 Å². The van der Waals surface area contributed by atoms with E-state index >= 15 is 0 Å². The van der Waals surface area contributed by atoms with E-state index in [1.807, 2.05) is 0 Å². The minimum Gasteiger partial charge on any atom is -0.394 e. The fourth-order valence-corrected chi connectivity index (χ4v) is 3.45. The van der Waals surface area contributed by atoms with Crippen LogP contribution in [0.15, 0.2) is 24.9 Å². The van der Waals surface area contributed by atoms with Crippen molar-refractivity contribution in [2.24, 2.45) is 5.73 Å². The Morgan fingerprint density at radius 3 is 2.59 bits per heavy atom. The lowest BCUT2D eigenvalue weighted by Crippen LogP contribution is -2.33. The molecule has 0 aromatic carbocycles. The molecule has 3 aromatic rings. The monoisotopic (exact) mass is 481 g/mol. The molecule has 0 aliphatic carbocycles. The maximum absolute atomic E-state index is 10.8. The number of aliphatic hydroxyl groups excluding tert-OH is 4. The van der Waals surface area contributed by atoms with Gasteiger partial charge < -0.3 is 50.7 Å². The molecule has 6 atom stereocenters. The maximum Gasteiger partial charge on any atom is 0.288 e. The highest BCUT2D eigenvalue weighted by Gasteiger charge is 2.44. The Morgan fingerprint density at radius 1 is 1.18 bits per heavy atom. The number of amides is 1. The van der Waals surface area contributed by atoms with Gasteiger partial charge in [-0.05, 0) is 6.07 Å². The Morgan fingerprint density at radius 2 is 1.97 bits per heavy atom. The van der Waals surface area contributed by atoms with Gasteiger partial charge in [-0.1, -0.05) is 0 Å². The lowest BCUT2D eigenvalue weighted by atomic mass is 10.1. The zero-order chi connectivity index (χ0) is 25.3. The number of ether oxygens (including phenoxy) is 3. The van der Waals surface area contributed by atoms with Crippen LogP contribution in [-0.4, -0.2) is 100 Å². The first-order chi connectivity index (χ1) is 16.7. The molecule has 184 valence electrons. The summed E-state index contributed by atoms with van der Waals surface area (Å²) in [5, 5.41) is 40.7. The lowest BCUT2D eigenvalue weighted by Gasteiger charge is -2.13. The second kappa shape index (κ2) is 9.94. The first-order valence-corrected chi connectivity index (χ1v) is 10.0. The highest BCUT2D eigenvalue weighted by atomic mass is 16.7. The normalized spacial score (nSPS) is 29.1. The molecule has 5 rings (SSSR count). The van der Waals surface area contributed by atoms with Crippen LogP contribution in [0.1, 0.15) is 24.4 Å². The van der Waals surface area contributed by atoms with Crippen molar-refractivity contribution in [3.8, 4) is 0 Å². The molecule has 0 spiro atoms. The fraction of sp³-hybridized carbons (Fsp3) is 0.500. The molecule has 0 radical (unpaired) electrons. The second-order valence-corrected chi connectivity index (χ2v) is 7.33. The average Bonchev–Trinajstić information content (AvgIpc) is 3.61. The number of nitrogens with zero attached hydrogens (tertiary/aromatic N) is 6. The molecule has 2 saturated heterocycles. The SMILES string of the molecule is NC(=O)c1ncn(C2OC(CO)C(O)C2O)n1.[2H]c1cc2c(ncn2C2COC(CO)O2)c(N)n1. The lowest BCUT2D eigenvalue weighted by molar-refractivity contribution is -0.0979. The van der Waals surface area contributed by atoms with Crippen molar-refractivity contribution in [3.05, 3.63) is 30.7 Å². The number of hydrogen-bond donors (Lipinski definition) is 6. The molecule has 8 N–H and O–H groups in total. The van der Waals surface area contributed by atoms with E-state index in [0.717, 1.165) is 11.0 Å². The Balaban J connectivity index is 0.000000165. The van der Waals surface area contributed by atoms with Crippen LogP contribution in [0.5, 0.6) is 0 Å². The smallest absolute Gasteiger partial charge is 0.288 e. The van der Waals surface area contributed by atoms with Crippen LogP contribution in [0, 0.1) is 0 Å². The minimum absolute atomic E-state index is 0.0689. The number of nitrogen functional groups attached to an aromatic ring is 1. The van der Waals surface area contributed by atoms with E-state index in [0.29, 0.717) is 17.6 Å². The van der Waals surface area contributed by atoms with Gasteiger partial charge in [0.15, 0.2) is 24.6 Å². The van der Waals surface area contributed by atoms with Gasteiger partial charge in [0.25, 0.3) is 5.91 Å². The first kappa shape index (κ1) is 22.5. The molecule has 0 bridgehead atoms. The van der Waals surface area contributed by atoms with Gasteiger partial charge >= 0.3 is 0 Å². The number of hydrogen-bond acceptors (Lipinski definition) is 13. The summed E-state index contributed by atoms with van der Waals surface area (Å²) in [5.74, 6) is -0.813. The number of aliphatic hydroxyl groups is 4.